The van der Waals surface area contributed by atoms with Gasteiger partial charge in [0.1, 0.15) is 5.39 Å². The van der Waals surface area contributed by atoms with Gasteiger partial charge in [-0.15, -0.1) is 0 Å². The molecule has 0 aliphatic heterocycles. The van der Waals surface area contributed by atoms with E-state index in [0.717, 1.165) is 5.56 Å². The second-order valence-electron chi connectivity index (χ2n) is 3.67. The number of aryl methyl sites for hydroxylation is 1. The highest BCUT2D eigenvalue weighted by Crippen LogP contribution is 2.16. The van der Waals surface area contributed by atoms with Crippen molar-refractivity contribution in [3.63, 3.8) is 0 Å². The summed E-state index contributed by atoms with van der Waals surface area (Å²) in [5.41, 5.74) is 0.994. The molecule has 17 heavy (non-hydrogen) atoms. The van der Waals surface area contributed by atoms with Crippen molar-refractivity contribution in [2.75, 3.05) is 0 Å². The molecule has 84 valence electrons. The van der Waals surface area contributed by atoms with Crippen LogP contribution in [0.3, 0.4) is 0 Å². The van der Waals surface area contributed by atoms with Gasteiger partial charge in [-0.05, 0) is 0 Å². The minimum absolute atomic E-state index is 0.396. The lowest BCUT2D eigenvalue weighted by Gasteiger charge is -1.99. The molecule has 2 heterocycles. The van der Waals surface area contributed by atoms with Crippen LogP contribution in [0.4, 0.5) is 0 Å². The summed E-state index contributed by atoms with van der Waals surface area (Å²) < 4.78 is 6.27. The van der Waals surface area contributed by atoms with Gasteiger partial charge in [-0.25, -0.2) is 14.8 Å². The van der Waals surface area contributed by atoms with Crippen LogP contribution in [-0.2, 0) is 7.05 Å². The minimum atomic E-state index is -0.415. The van der Waals surface area contributed by atoms with E-state index in [4.69, 9.17) is 4.52 Å². The van der Waals surface area contributed by atoms with E-state index in [9.17, 15) is 4.79 Å². The second-order valence-corrected chi connectivity index (χ2v) is 3.67. The lowest BCUT2D eigenvalue weighted by atomic mass is 10.2. The van der Waals surface area contributed by atoms with E-state index in [1.807, 2.05) is 30.3 Å². The van der Waals surface area contributed by atoms with Gasteiger partial charge in [-0.3, -0.25) is 0 Å². The van der Waals surface area contributed by atoms with E-state index < -0.39 is 5.63 Å². The topological polar surface area (TPSA) is 60.9 Å². The fourth-order valence-electron chi connectivity index (χ4n) is 1.70. The summed E-state index contributed by atoms with van der Waals surface area (Å²) in [5.74, 6) is 0.578. The van der Waals surface area contributed by atoms with Gasteiger partial charge < -0.3 is 4.52 Å². The van der Waals surface area contributed by atoms with Crippen LogP contribution in [0.5, 0.6) is 0 Å². The van der Waals surface area contributed by atoms with E-state index in [1.165, 1.54) is 10.9 Å². The summed E-state index contributed by atoms with van der Waals surface area (Å²) in [6.07, 6.45) is 1.50. The largest absolute Gasteiger partial charge is 0.368 e. The number of hydrogen-bond donors (Lipinski definition) is 0. The summed E-state index contributed by atoms with van der Waals surface area (Å²) in [4.78, 5) is 19.9. The highest BCUT2D eigenvalue weighted by Gasteiger charge is 2.10. The zero-order chi connectivity index (χ0) is 11.8. The Morgan fingerprint density at radius 1 is 1.24 bits per heavy atom. The lowest BCUT2D eigenvalue weighted by molar-refractivity contribution is 0.294. The first kappa shape index (κ1) is 9.77. The van der Waals surface area contributed by atoms with Crippen LogP contribution in [0.2, 0.25) is 0 Å². The smallest absolute Gasteiger partial charge is 0.334 e. The molecule has 0 fully saturated rings. The first-order valence-corrected chi connectivity index (χ1v) is 5.14. The molecule has 5 nitrogen and oxygen atoms in total. The van der Waals surface area contributed by atoms with E-state index in [0.29, 0.717) is 16.9 Å². The maximum Gasteiger partial charge on any atom is 0.368 e. The van der Waals surface area contributed by atoms with Crippen LogP contribution in [0.1, 0.15) is 0 Å². The van der Waals surface area contributed by atoms with E-state index >= 15 is 0 Å². The quantitative estimate of drug-likeness (QED) is 0.633. The van der Waals surface area contributed by atoms with Crippen molar-refractivity contribution in [3.8, 4) is 11.4 Å². The third kappa shape index (κ3) is 1.52. The normalized spacial score (nSPS) is 10.9. The van der Waals surface area contributed by atoms with Crippen molar-refractivity contribution in [1.82, 2.24) is 14.7 Å². The Kier molecular flexibility index (Phi) is 2.04. The monoisotopic (exact) mass is 227 g/mol. The predicted octanol–water partition coefficient (Wildman–Crippen LogP) is 1.59. The number of aromatic nitrogens is 3. The number of rotatable bonds is 1. The van der Waals surface area contributed by atoms with E-state index in [1.54, 1.807) is 7.05 Å². The van der Waals surface area contributed by atoms with Crippen molar-refractivity contribution in [3.05, 3.63) is 46.9 Å². The second kappa shape index (κ2) is 3.55. The predicted molar refractivity (Wildman–Crippen MR) is 62.5 cm³/mol. The summed E-state index contributed by atoms with van der Waals surface area (Å²) in [5, 5.41) is 0.396. The van der Waals surface area contributed by atoms with Crippen LogP contribution >= 0.6 is 0 Å². The highest BCUT2D eigenvalue weighted by atomic mass is 16.5. The Hall–Kier alpha value is -2.43. The van der Waals surface area contributed by atoms with Crippen LogP contribution < -0.4 is 5.63 Å². The molecule has 0 saturated heterocycles. The van der Waals surface area contributed by atoms with Gasteiger partial charge in [-0.1, -0.05) is 30.3 Å². The molecule has 3 aromatic rings. The molecule has 1 aromatic carbocycles. The molecule has 0 atom stereocenters. The molecule has 2 aromatic heterocycles. The van der Waals surface area contributed by atoms with Crippen molar-refractivity contribution >= 4 is 11.0 Å². The number of benzene rings is 1. The van der Waals surface area contributed by atoms with Crippen LogP contribution in [0.25, 0.3) is 22.4 Å². The van der Waals surface area contributed by atoms with Gasteiger partial charge in [0, 0.05) is 18.8 Å². The highest BCUT2D eigenvalue weighted by molar-refractivity contribution is 5.74. The molecule has 0 spiro atoms. The fourth-order valence-corrected chi connectivity index (χ4v) is 1.70. The minimum Gasteiger partial charge on any atom is -0.334 e. The molecule has 0 N–H and O–H groups in total. The van der Waals surface area contributed by atoms with E-state index in [-0.39, 0.29) is 0 Å². The third-order valence-corrected chi connectivity index (χ3v) is 2.54. The molecule has 0 saturated carbocycles. The van der Waals surface area contributed by atoms with Gasteiger partial charge >= 0.3 is 5.63 Å². The van der Waals surface area contributed by atoms with Crippen LogP contribution in [0, 0.1) is 0 Å². The molecule has 0 unspecified atom stereocenters. The summed E-state index contributed by atoms with van der Waals surface area (Å²) in [6.45, 7) is 0. The summed E-state index contributed by atoms with van der Waals surface area (Å²) >= 11 is 0. The lowest BCUT2D eigenvalue weighted by Crippen LogP contribution is -1.94. The maximum absolute atomic E-state index is 11.4. The molecular weight excluding hydrogens is 218 g/mol. The van der Waals surface area contributed by atoms with Gasteiger partial charge in [-0.2, -0.15) is 4.74 Å². The van der Waals surface area contributed by atoms with Crippen LogP contribution in [-0.4, -0.2) is 14.7 Å². The number of hydrogen-bond acceptors (Lipinski definition) is 4. The number of fused-ring (bicyclic) bond motifs is 1. The average Bonchev–Trinajstić information content (AvgIpc) is 2.66. The van der Waals surface area contributed by atoms with E-state index in [2.05, 4.69) is 9.97 Å². The van der Waals surface area contributed by atoms with Crippen molar-refractivity contribution in [2.24, 2.45) is 7.05 Å². The zero-order valence-electron chi connectivity index (χ0n) is 9.12. The van der Waals surface area contributed by atoms with Gasteiger partial charge in [0.15, 0.2) is 11.5 Å². The van der Waals surface area contributed by atoms with Gasteiger partial charge in [0.2, 0.25) is 0 Å². The maximum atomic E-state index is 11.4. The fraction of sp³-hybridized carbons (Fsp3) is 0.0833. The molecular formula is C12H9N3O2. The van der Waals surface area contributed by atoms with Crippen molar-refractivity contribution in [1.29, 1.82) is 0 Å². The first-order chi connectivity index (χ1) is 8.25. The van der Waals surface area contributed by atoms with Gasteiger partial charge in [0.25, 0.3) is 0 Å². The molecule has 0 bridgehead atoms. The Labute approximate surface area is 96.3 Å². The Morgan fingerprint density at radius 2 is 2.00 bits per heavy atom. The SMILES string of the molecule is Cn1oc(=O)c2cnc(-c3ccccc3)nc21. The molecule has 0 amide bonds. The van der Waals surface area contributed by atoms with Gasteiger partial charge in [0.05, 0.1) is 0 Å². The Morgan fingerprint density at radius 3 is 2.76 bits per heavy atom. The first-order valence-electron chi connectivity index (χ1n) is 5.14. The average molecular weight is 227 g/mol. The zero-order valence-corrected chi connectivity index (χ0v) is 9.12. The molecule has 0 aliphatic rings. The Balaban J connectivity index is 2.27. The summed E-state index contributed by atoms with van der Waals surface area (Å²) in [6, 6.07) is 9.59. The molecule has 3 rings (SSSR count). The van der Waals surface area contributed by atoms with Crippen molar-refractivity contribution < 1.29 is 4.52 Å². The molecule has 5 heteroatoms. The van der Waals surface area contributed by atoms with Crippen LogP contribution in [0.15, 0.2) is 45.8 Å². The number of nitrogens with zero attached hydrogens (tertiary/aromatic N) is 3. The summed E-state index contributed by atoms with van der Waals surface area (Å²) in [7, 11) is 1.64. The standard InChI is InChI=1S/C12H9N3O2/c1-15-11-9(12(16)17-15)7-13-10(14-11)8-5-3-2-4-6-8/h2-7H,1H3. The third-order valence-electron chi connectivity index (χ3n) is 2.54. The molecule has 0 aliphatic carbocycles. The Bertz CT molecular complexity index is 728. The van der Waals surface area contributed by atoms with Crippen molar-refractivity contribution in [2.45, 2.75) is 0 Å². The molecule has 0 radical (unpaired) electrons.